The highest BCUT2D eigenvalue weighted by Crippen LogP contribution is 2.36. The number of hydrogen-bond donors (Lipinski definition) is 2. The van der Waals surface area contributed by atoms with Crippen molar-refractivity contribution in [2.45, 2.75) is 19.0 Å². The standard InChI is InChI=1S/C15H19ClF3N3O2/c1-22(2)7-3-6-20-13(23)9-14(24)21-10-4-5-12(16)11(8-10)15(17,18)19/h4-5,8H,3,6-7,9H2,1-2H3,(H,20,23)(H,21,24). The second-order valence-corrected chi connectivity index (χ2v) is 5.83. The minimum atomic E-state index is -4.62. The molecule has 1 rings (SSSR count). The van der Waals surface area contributed by atoms with Crippen LogP contribution in [0.1, 0.15) is 18.4 Å². The molecule has 1 aromatic carbocycles. The second kappa shape index (κ2) is 8.89. The van der Waals surface area contributed by atoms with Gasteiger partial charge in [-0.3, -0.25) is 9.59 Å². The van der Waals surface area contributed by atoms with E-state index in [4.69, 9.17) is 11.6 Å². The molecule has 0 spiro atoms. The lowest BCUT2D eigenvalue weighted by atomic mass is 10.2. The van der Waals surface area contributed by atoms with Crippen LogP contribution in [0, 0.1) is 0 Å². The minimum Gasteiger partial charge on any atom is -0.356 e. The highest BCUT2D eigenvalue weighted by Gasteiger charge is 2.33. The van der Waals surface area contributed by atoms with E-state index >= 15 is 0 Å². The summed E-state index contributed by atoms with van der Waals surface area (Å²) in [5, 5.41) is 4.37. The summed E-state index contributed by atoms with van der Waals surface area (Å²) in [6.07, 6.45) is -4.36. The van der Waals surface area contributed by atoms with Crippen molar-refractivity contribution in [3.8, 4) is 0 Å². The van der Waals surface area contributed by atoms with Gasteiger partial charge in [0.25, 0.3) is 0 Å². The maximum Gasteiger partial charge on any atom is 0.417 e. The summed E-state index contributed by atoms with van der Waals surface area (Å²) in [5.74, 6) is -1.19. The van der Waals surface area contributed by atoms with Crippen molar-refractivity contribution in [1.82, 2.24) is 10.2 Å². The van der Waals surface area contributed by atoms with E-state index in [9.17, 15) is 22.8 Å². The molecule has 0 radical (unpaired) electrons. The van der Waals surface area contributed by atoms with Gasteiger partial charge in [0.05, 0.1) is 10.6 Å². The molecule has 2 amide bonds. The summed E-state index contributed by atoms with van der Waals surface area (Å²) in [6.45, 7) is 1.21. The fourth-order valence-corrected chi connectivity index (χ4v) is 2.08. The molecular weight excluding hydrogens is 347 g/mol. The number of nitrogens with zero attached hydrogens (tertiary/aromatic N) is 1. The fourth-order valence-electron chi connectivity index (χ4n) is 1.86. The van der Waals surface area contributed by atoms with Gasteiger partial charge in [-0.25, -0.2) is 0 Å². The molecule has 0 bridgehead atoms. The number of alkyl halides is 3. The maximum atomic E-state index is 12.7. The molecule has 0 aromatic heterocycles. The molecular formula is C15H19ClF3N3O2. The van der Waals surface area contributed by atoms with Gasteiger partial charge in [0, 0.05) is 12.2 Å². The van der Waals surface area contributed by atoms with Crippen LogP contribution in [0.3, 0.4) is 0 Å². The van der Waals surface area contributed by atoms with Crippen LogP contribution in [-0.4, -0.2) is 43.9 Å². The zero-order valence-corrected chi connectivity index (χ0v) is 14.1. The van der Waals surface area contributed by atoms with Gasteiger partial charge in [0.15, 0.2) is 0 Å². The third-order valence-corrected chi connectivity index (χ3v) is 3.31. The predicted octanol–water partition coefficient (Wildman–Crippen LogP) is 2.76. The smallest absolute Gasteiger partial charge is 0.356 e. The number of rotatable bonds is 7. The maximum absolute atomic E-state index is 12.7. The number of carbonyl (C=O) groups is 2. The third-order valence-electron chi connectivity index (χ3n) is 2.98. The average molecular weight is 366 g/mol. The predicted molar refractivity (Wildman–Crippen MR) is 85.9 cm³/mol. The van der Waals surface area contributed by atoms with Crippen LogP contribution in [0.2, 0.25) is 5.02 Å². The zero-order valence-electron chi connectivity index (χ0n) is 13.3. The number of amides is 2. The molecule has 134 valence electrons. The summed E-state index contributed by atoms with van der Waals surface area (Å²) in [5.41, 5.74) is -1.12. The van der Waals surface area contributed by atoms with E-state index in [1.807, 2.05) is 19.0 Å². The van der Waals surface area contributed by atoms with E-state index in [0.717, 1.165) is 25.1 Å². The zero-order chi connectivity index (χ0) is 18.3. The van der Waals surface area contributed by atoms with Crippen LogP contribution >= 0.6 is 11.6 Å². The van der Waals surface area contributed by atoms with Crippen molar-refractivity contribution in [3.05, 3.63) is 28.8 Å². The lowest BCUT2D eigenvalue weighted by Gasteiger charge is -2.12. The van der Waals surface area contributed by atoms with Crippen molar-refractivity contribution in [1.29, 1.82) is 0 Å². The second-order valence-electron chi connectivity index (χ2n) is 5.42. The highest BCUT2D eigenvalue weighted by molar-refractivity contribution is 6.31. The van der Waals surface area contributed by atoms with E-state index < -0.39 is 35.0 Å². The molecule has 1 aromatic rings. The van der Waals surface area contributed by atoms with Gasteiger partial charge in [0.1, 0.15) is 6.42 Å². The van der Waals surface area contributed by atoms with Gasteiger partial charge in [-0.2, -0.15) is 13.2 Å². The topological polar surface area (TPSA) is 61.4 Å². The summed E-state index contributed by atoms with van der Waals surface area (Å²) in [6, 6.07) is 3.01. The quantitative estimate of drug-likeness (QED) is 0.577. The summed E-state index contributed by atoms with van der Waals surface area (Å²) >= 11 is 5.49. The Kier molecular flexibility index (Phi) is 7.50. The Balaban J connectivity index is 2.52. The normalized spacial score (nSPS) is 11.5. The SMILES string of the molecule is CN(C)CCCNC(=O)CC(=O)Nc1ccc(Cl)c(C(F)(F)F)c1. The number of benzene rings is 1. The van der Waals surface area contributed by atoms with Crippen LogP contribution in [0.4, 0.5) is 18.9 Å². The number of carbonyl (C=O) groups excluding carboxylic acids is 2. The van der Waals surface area contributed by atoms with Crippen molar-refractivity contribution in [2.75, 3.05) is 32.5 Å². The monoisotopic (exact) mass is 365 g/mol. The molecule has 24 heavy (non-hydrogen) atoms. The molecule has 9 heteroatoms. The summed E-state index contributed by atoms with van der Waals surface area (Å²) < 4.78 is 38.2. The van der Waals surface area contributed by atoms with Crippen molar-refractivity contribution < 1.29 is 22.8 Å². The van der Waals surface area contributed by atoms with Crippen LogP contribution < -0.4 is 10.6 Å². The minimum absolute atomic E-state index is 0.0721. The van der Waals surface area contributed by atoms with Crippen LogP contribution in [0.15, 0.2) is 18.2 Å². The first-order valence-electron chi connectivity index (χ1n) is 7.17. The number of hydrogen-bond acceptors (Lipinski definition) is 3. The summed E-state index contributed by atoms with van der Waals surface area (Å²) in [4.78, 5) is 25.3. The molecule has 0 aliphatic rings. The Morgan fingerprint density at radius 1 is 1.21 bits per heavy atom. The summed E-state index contributed by atoms with van der Waals surface area (Å²) in [7, 11) is 3.80. The number of halogens is 4. The molecule has 0 fully saturated rings. The van der Waals surface area contributed by atoms with E-state index in [-0.39, 0.29) is 5.69 Å². The van der Waals surface area contributed by atoms with Gasteiger partial charge >= 0.3 is 6.18 Å². The molecule has 5 nitrogen and oxygen atoms in total. The Morgan fingerprint density at radius 3 is 2.46 bits per heavy atom. The van der Waals surface area contributed by atoms with Crippen molar-refractivity contribution >= 4 is 29.1 Å². The van der Waals surface area contributed by atoms with Crippen molar-refractivity contribution in [3.63, 3.8) is 0 Å². The largest absolute Gasteiger partial charge is 0.417 e. The molecule has 0 saturated heterocycles. The molecule has 0 aliphatic heterocycles. The molecule has 0 atom stereocenters. The highest BCUT2D eigenvalue weighted by atomic mass is 35.5. The van der Waals surface area contributed by atoms with E-state index in [0.29, 0.717) is 6.54 Å². The molecule has 0 aliphatic carbocycles. The Morgan fingerprint density at radius 2 is 1.88 bits per heavy atom. The lowest BCUT2D eigenvalue weighted by molar-refractivity contribution is -0.137. The van der Waals surface area contributed by atoms with E-state index in [1.54, 1.807) is 0 Å². The molecule has 0 heterocycles. The van der Waals surface area contributed by atoms with Gasteiger partial charge in [-0.15, -0.1) is 0 Å². The Bertz CT molecular complexity index is 592. The van der Waals surface area contributed by atoms with Gasteiger partial charge < -0.3 is 15.5 Å². The van der Waals surface area contributed by atoms with Crippen LogP contribution in [0.5, 0.6) is 0 Å². The third kappa shape index (κ3) is 7.18. The van der Waals surface area contributed by atoms with Crippen molar-refractivity contribution in [2.24, 2.45) is 0 Å². The number of anilines is 1. The average Bonchev–Trinajstić information content (AvgIpc) is 2.44. The first-order valence-corrected chi connectivity index (χ1v) is 7.55. The van der Waals surface area contributed by atoms with Crippen LogP contribution in [0.25, 0.3) is 0 Å². The van der Waals surface area contributed by atoms with E-state index in [1.165, 1.54) is 6.07 Å². The fraction of sp³-hybridized carbons (Fsp3) is 0.467. The first-order chi connectivity index (χ1) is 11.1. The number of nitrogens with one attached hydrogen (secondary N) is 2. The van der Waals surface area contributed by atoms with Gasteiger partial charge in [-0.05, 0) is 45.3 Å². The molecule has 0 unspecified atom stereocenters. The van der Waals surface area contributed by atoms with Gasteiger partial charge in [-0.1, -0.05) is 11.6 Å². The molecule has 0 saturated carbocycles. The Labute approximate surface area is 143 Å². The first kappa shape index (κ1) is 20.2. The Hall–Kier alpha value is -1.80. The molecule has 2 N–H and O–H groups in total. The van der Waals surface area contributed by atoms with E-state index in [2.05, 4.69) is 10.6 Å². The van der Waals surface area contributed by atoms with Crippen LogP contribution in [-0.2, 0) is 15.8 Å². The van der Waals surface area contributed by atoms with Gasteiger partial charge in [0.2, 0.25) is 11.8 Å². The lowest BCUT2D eigenvalue weighted by Crippen LogP contribution is -2.30.